The van der Waals surface area contributed by atoms with Crippen LogP contribution in [0.15, 0.2) is 0 Å². The van der Waals surface area contributed by atoms with Crippen LogP contribution in [-0.4, -0.2) is 43.0 Å². The van der Waals surface area contributed by atoms with E-state index in [1.54, 1.807) is 0 Å². The summed E-state index contributed by atoms with van der Waals surface area (Å²) in [6.07, 6.45) is 3.31. The number of hydrogen-bond acceptors (Lipinski definition) is 3. The number of amides is 1. The molecule has 0 aromatic rings. The number of carbonyl (C=O) groups is 1. The Kier molecular flexibility index (Phi) is 3.37. The van der Waals surface area contributed by atoms with Crippen LogP contribution < -0.4 is 10.6 Å². The zero-order valence-corrected chi connectivity index (χ0v) is 8.46. The molecule has 2 aliphatic rings. The van der Waals surface area contributed by atoms with Gasteiger partial charge in [0.15, 0.2) is 0 Å². The van der Waals surface area contributed by atoms with Gasteiger partial charge in [-0.25, -0.2) is 0 Å². The monoisotopic (exact) mass is 196 g/mol. The number of carbonyl (C=O) groups excluding carboxylic acids is 1. The summed E-state index contributed by atoms with van der Waals surface area (Å²) in [5, 5.41) is 6.55. The molecule has 0 aromatic heterocycles. The van der Waals surface area contributed by atoms with Crippen LogP contribution in [0, 0.1) is 6.54 Å². The third-order valence-electron chi connectivity index (χ3n) is 2.88. The van der Waals surface area contributed by atoms with Crippen LogP contribution in [0.5, 0.6) is 0 Å². The van der Waals surface area contributed by atoms with Crippen molar-refractivity contribution in [2.24, 2.45) is 0 Å². The topological polar surface area (TPSA) is 44.4 Å². The van der Waals surface area contributed by atoms with Gasteiger partial charge in [0.05, 0.1) is 13.1 Å². The molecular weight excluding hydrogens is 178 g/mol. The quantitative estimate of drug-likeness (QED) is 0.652. The molecule has 4 nitrogen and oxygen atoms in total. The van der Waals surface area contributed by atoms with Gasteiger partial charge in [-0.3, -0.25) is 4.79 Å². The first-order valence-corrected chi connectivity index (χ1v) is 5.43. The van der Waals surface area contributed by atoms with E-state index in [1.165, 1.54) is 0 Å². The maximum absolute atomic E-state index is 11.6. The summed E-state index contributed by atoms with van der Waals surface area (Å²) in [5.74, 6) is 0.217. The normalized spacial score (nSPS) is 27.1. The number of nitrogens with one attached hydrogen (secondary N) is 2. The lowest BCUT2D eigenvalue weighted by Gasteiger charge is -2.17. The largest absolute Gasteiger partial charge is 0.337 e. The van der Waals surface area contributed by atoms with Gasteiger partial charge in [0.25, 0.3) is 0 Å². The van der Waals surface area contributed by atoms with Crippen LogP contribution in [0.1, 0.15) is 19.3 Å². The van der Waals surface area contributed by atoms with E-state index in [-0.39, 0.29) is 5.91 Å². The molecule has 4 heteroatoms. The molecule has 1 atom stereocenters. The van der Waals surface area contributed by atoms with Crippen LogP contribution in [0.3, 0.4) is 0 Å². The molecule has 2 fully saturated rings. The van der Waals surface area contributed by atoms with Crippen molar-refractivity contribution in [3.63, 3.8) is 0 Å². The molecule has 2 saturated heterocycles. The SMILES string of the molecule is O=C(CN[C@@H]1CCNC1)N1[CH]CCC1. The minimum Gasteiger partial charge on any atom is -0.337 e. The van der Waals surface area contributed by atoms with E-state index in [9.17, 15) is 4.79 Å². The van der Waals surface area contributed by atoms with Crippen molar-refractivity contribution in [2.75, 3.05) is 26.2 Å². The fourth-order valence-corrected chi connectivity index (χ4v) is 1.99. The van der Waals surface area contributed by atoms with Crippen LogP contribution in [-0.2, 0) is 4.79 Å². The van der Waals surface area contributed by atoms with Gasteiger partial charge >= 0.3 is 0 Å². The number of rotatable bonds is 3. The summed E-state index contributed by atoms with van der Waals surface area (Å²) in [6, 6.07) is 0.488. The van der Waals surface area contributed by atoms with Crippen molar-refractivity contribution >= 4 is 5.91 Å². The lowest BCUT2D eigenvalue weighted by atomic mass is 10.2. The first-order chi connectivity index (χ1) is 6.86. The van der Waals surface area contributed by atoms with E-state index in [2.05, 4.69) is 10.6 Å². The molecule has 14 heavy (non-hydrogen) atoms. The van der Waals surface area contributed by atoms with Gasteiger partial charge in [-0.2, -0.15) is 0 Å². The van der Waals surface area contributed by atoms with Crippen LogP contribution in [0.2, 0.25) is 0 Å². The van der Waals surface area contributed by atoms with Crippen molar-refractivity contribution in [3.8, 4) is 0 Å². The fourth-order valence-electron chi connectivity index (χ4n) is 1.99. The Bertz CT molecular complexity index is 196. The molecule has 0 aliphatic carbocycles. The molecule has 0 spiro atoms. The van der Waals surface area contributed by atoms with Crippen LogP contribution in [0.4, 0.5) is 0 Å². The number of likely N-dealkylation sites (tertiary alicyclic amines) is 1. The second-order valence-electron chi connectivity index (χ2n) is 3.98. The average Bonchev–Trinajstić information content (AvgIpc) is 2.87. The van der Waals surface area contributed by atoms with Crippen molar-refractivity contribution in [3.05, 3.63) is 6.54 Å². The van der Waals surface area contributed by atoms with E-state index in [4.69, 9.17) is 0 Å². The van der Waals surface area contributed by atoms with Gasteiger partial charge in [0.2, 0.25) is 5.91 Å². The molecule has 1 amide bonds. The predicted molar refractivity (Wildman–Crippen MR) is 54.5 cm³/mol. The van der Waals surface area contributed by atoms with Crippen molar-refractivity contribution in [2.45, 2.75) is 25.3 Å². The van der Waals surface area contributed by atoms with E-state index in [0.29, 0.717) is 12.6 Å². The first-order valence-electron chi connectivity index (χ1n) is 5.43. The van der Waals surface area contributed by atoms with Gasteiger partial charge in [-0.05, 0) is 25.8 Å². The highest BCUT2D eigenvalue weighted by molar-refractivity contribution is 5.79. The zero-order chi connectivity index (χ0) is 9.80. The number of nitrogens with zero attached hydrogens (tertiary/aromatic N) is 1. The predicted octanol–water partition coefficient (Wildman–Crippen LogP) is -0.278. The number of hydrogen-bond donors (Lipinski definition) is 2. The lowest BCUT2D eigenvalue weighted by molar-refractivity contribution is -0.128. The molecule has 0 unspecified atom stereocenters. The molecule has 0 aromatic carbocycles. The Morgan fingerprint density at radius 2 is 2.57 bits per heavy atom. The lowest BCUT2D eigenvalue weighted by Crippen LogP contribution is -2.40. The van der Waals surface area contributed by atoms with Gasteiger partial charge in [0.1, 0.15) is 0 Å². The third kappa shape index (κ3) is 2.45. The Morgan fingerprint density at radius 3 is 3.21 bits per heavy atom. The zero-order valence-electron chi connectivity index (χ0n) is 8.46. The molecule has 0 saturated carbocycles. The van der Waals surface area contributed by atoms with Gasteiger partial charge in [0, 0.05) is 19.1 Å². The highest BCUT2D eigenvalue weighted by atomic mass is 16.2. The van der Waals surface area contributed by atoms with E-state index in [0.717, 1.165) is 38.9 Å². The minimum atomic E-state index is 0.217. The molecule has 2 rings (SSSR count). The molecule has 1 radical (unpaired) electrons. The van der Waals surface area contributed by atoms with Gasteiger partial charge < -0.3 is 15.5 Å². The second kappa shape index (κ2) is 4.75. The summed E-state index contributed by atoms with van der Waals surface area (Å²) >= 11 is 0. The Balaban J connectivity index is 1.66. The molecular formula is C10H18N3O. The van der Waals surface area contributed by atoms with E-state index >= 15 is 0 Å². The summed E-state index contributed by atoms with van der Waals surface area (Å²) in [6.45, 7) is 5.47. The van der Waals surface area contributed by atoms with Crippen molar-refractivity contribution in [1.82, 2.24) is 15.5 Å². The molecule has 2 N–H and O–H groups in total. The molecule has 2 heterocycles. The molecule has 2 aliphatic heterocycles. The molecule has 79 valence electrons. The Morgan fingerprint density at radius 1 is 1.64 bits per heavy atom. The summed E-state index contributed by atoms with van der Waals surface area (Å²) in [4.78, 5) is 13.5. The average molecular weight is 196 g/mol. The van der Waals surface area contributed by atoms with Crippen LogP contribution >= 0.6 is 0 Å². The van der Waals surface area contributed by atoms with Gasteiger partial charge in [-0.1, -0.05) is 0 Å². The van der Waals surface area contributed by atoms with E-state index in [1.807, 2.05) is 11.4 Å². The van der Waals surface area contributed by atoms with Gasteiger partial charge in [-0.15, -0.1) is 0 Å². The van der Waals surface area contributed by atoms with Crippen LogP contribution in [0.25, 0.3) is 0 Å². The summed E-state index contributed by atoms with van der Waals surface area (Å²) in [5.41, 5.74) is 0. The van der Waals surface area contributed by atoms with E-state index < -0.39 is 0 Å². The highest BCUT2D eigenvalue weighted by Gasteiger charge is 2.20. The van der Waals surface area contributed by atoms with Crippen molar-refractivity contribution in [1.29, 1.82) is 0 Å². The minimum absolute atomic E-state index is 0.217. The standard InChI is InChI=1S/C10H18N3O/c14-10(13-5-1-2-6-13)8-12-9-3-4-11-7-9/h5,9,11-12H,1-4,6-8H2/t9-/m1/s1. The fraction of sp³-hybridized carbons (Fsp3) is 0.800. The molecule has 0 bridgehead atoms. The van der Waals surface area contributed by atoms with Crippen molar-refractivity contribution < 1.29 is 4.79 Å². The third-order valence-corrected chi connectivity index (χ3v) is 2.88. The maximum Gasteiger partial charge on any atom is 0.236 e. The summed E-state index contributed by atoms with van der Waals surface area (Å²) in [7, 11) is 0. The second-order valence-corrected chi connectivity index (χ2v) is 3.98. The highest BCUT2D eigenvalue weighted by Crippen LogP contribution is 2.11. The Labute approximate surface area is 85.0 Å². The maximum atomic E-state index is 11.6. The first kappa shape index (κ1) is 9.93. The smallest absolute Gasteiger partial charge is 0.236 e. The summed E-state index contributed by atoms with van der Waals surface area (Å²) < 4.78 is 0. The Hall–Kier alpha value is -0.610.